The van der Waals surface area contributed by atoms with Crippen molar-refractivity contribution in [1.82, 2.24) is 9.80 Å². The zero-order chi connectivity index (χ0) is 23.9. The molecule has 178 valence electrons. The van der Waals surface area contributed by atoms with Gasteiger partial charge in [-0.15, -0.1) is 0 Å². The van der Waals surface area contributed by atoms with Crippen molar-refractivity contribution in [3.8, 4) is 0 Å². The van der Waals surface area contributed by atoms with Gasteiger partial charge < -0.3 is 19.0 Å². The molecule has 2 heterocycles. The smallest absolute Gasteiger partial charge is 0.410 e. The Bertz CT molecular complexity index is 829. The second kappa shape index (κ2) is 8.82. The van der Waals surface area contributed by atoms with Crippen molar-refractivity contribution < 1.29 is 18.8 Å². The fourth-order valence-electron chi connectivity index (χ4n) is 4.21. The van der Waals surface area contributed by atoms with E-state index < -0.39 is 13.9 Å². The largest absolute Gasteiger partial charge is 0.444 e. The van der Waals surface area contributed by atoms with Crippen molar-refractivity contribution in [2.24, 2.45) is 0 Å². The summed E-state index contributed by atoms with van der Waals surface area (Å²) < 4.78 is 12.4. The third-order valence-corrected chi connectivity index (χ3v) is 11.5. The summed E-state index contributed by atoms with van der Waals surface area (Å²) in [5, 5.41) is 0.0909. The molecule has 0 saturated carbocycles. The highest BCUT2D eigenvalue weighted by molar-refractivity contribution is 6.74. The number of amides is 2. The molecule has 1 aromatic carbocycles. The fourth-order valence-corrected chi connectivity index (χ4v) is 5.57. The van der Waals surface area contributed by atoms with E-state index in [0.717, 1.165) is 12.0 Å². The van der Waals surface area contributed by atoms with Crippen LogP contribution in [0, 0.1) is 0 Å². The van der Waals surface area contributed by atoms with Crippen LogP contribution in [0.4, 0.5) is 4.79 Å². The molecule has 7 heteroatoms. The van der Waals surface area contributed by atoms with Gasteiger partial charge in [-0.1, -0.05) is 51.1 Å². The van der Waals surface area contributed by atoms with Crippen LogP contribution in [0.2, 0.25) is 18.1 Å². The van der Waals surface area contributed by atoms with Crippen molar-refractivity contribution in [3.63, 3.8) is 0 Å². The Labute approximate surface area is 194 Å². The van der Waals surface area contributed by atoms with E-state index in [1.807, 2.05) is 60.9 Å². The number of benzene rings is 1. The lowest BCUT2D eigenvalue weighted by Gasteiger charge is -2.46. The van der Waals surface area contributed by atoms with E-state index in [1.165, 1.54) is 0 Å². The highest BCUT2D eigenvalue weighted by Gasteiger charge is 2.51. The molecule has 2 amide bonds. The average molecular weight is 461 g/mol. The summed E-state index contributed by atoms with van der Waals surface area (Å²) in [4.78, 5) is 29.4. The highest BCUT2D eigenvalue weighted by atomic mass is 28.4. The Balaban J connectivity index is 1.80. The second-order valence-electron chi connectivity index (χ2n) is 11.7. The molecule has 6 nitrogen and oxygen atoms in total. The van der Waals surface area contributed by atoms with E-state index in [0.29, 0.717) is 19.5 Å². The third kappa shape index (κ3) is 5.54. The summed E-state index contributed by atoms with van der Waals surface area (Å²) in [6.45, 7) is 17.9. The van der Waals surface area contributed by atoms with Crippen LogP contribution in [0.15, 0.2) is 30.3 Å². The normalized spacial score (nSPS) is 24.5. The first-order chi connectivity index (χ1) is 14.7. The molecule has 0 radical (unpaired) electrons. The van der Waals surface area contributed by atoms with Gasteiger partial charge in [0, 0.05) is 19.5 Å². The number of likely N-dealkylation sites (tertiary alicyclic amines) is 2. The minimum Gasteiger partial charge on any atom is -0.444 e. The van der Waals surface area contributed by atoms with Crippen LogP contribution in [0.5, 0.6) is 0 Å². The molecule has 0 spiro atoms. The first kappa shape index (κ1) is 24.8. The van der Waals surface area contributed by atoms with Gasteiger partial charge in [-0.2, -0.15) is 0 Å². The van der Waals surface area contributed by atoms with Crippen LogP contribution >= 0.6 is 0 Å². The van der Waals surface area contributed by atoms with Crippen molar-refractivity contribution in [2.45, 2.75) is 103 Å². The summed E-state index contributed by atoms with van der Waals surface area (Å²) >= 11 is 0. The molecule has 1 unspecified atom stereocenters. The molecule has 2 aliphatic rings. The van der Waals surface area contributed by atoms with Gasteiger partial charge in [-0.25, -0.2) is 4.79 Å². The van der Waals surface area contributed by atoms with E-state index in [4.69, 9.17) is 9.16 Å². The number of β-lactam (4-membered cyclic amide) rings is 1. The van der Waals surface area contributed by atoms with Crippen LogP contribution in [0.1, 0.15) is 59.9 Å². The predicted molar refractivity (Wildman–Crippen MR) is 129 cm³/mol. The Morgan fingerprint density at radius 1 is 1.06 bits per heavy atom. The van der Waals surface area contributed by atoms with E-state index >= 15 is 0 Å². The molecule has 2 fully saturated rings. The van der Waals surface area contributed by atoms with Crippen molar-refractivity contribution in [1.29, 1.82) is 0 Å². The molecule has 0 N–H and O–H groups in total. The number of ether oxygens (including phenoxy) is 1. The minimum absolute atomic E-state index is 0.0109. The van der Waals surface area contributed by atoms with Gasteiger partial charge in [0.2, 0.25) is 5.91 Å². The van der Waals surface area contributed by atoms with Crippen LogP contribution in [0.3, 0.4) is 0 Å². The Kier molecular flexibility index (Phi) is 6.83. The maximum atomic E-state index is 13.1. The van der Waals surface area contributed by atoms with Crippen LogP contribution in [0.25, 0.3) is 0 Å². The van der Waals surface area contributed by atoms with Crippen LogP contribution in [-0.2, 0) is 20.5 Å². The highest BCUT2D eigenvalue weighted by Crippen LogP contribution is 2.41. The monoisotopic (exact) mass is 460 g/mol. The van der Waals surface area contributed by atoms with Crippen molar-refractivity contribution in [2.75, 3.05) is 6.54 Å². The summed E-state index contributed by atoms with van der Waals surface area (Å²) in [7, 11) is -1.99. The van der Waals surface area contributed by atoms with Crippen LogP contribution < -0.4 is 0 Å². The lowest BCUT2D eigenvalue weighted by Crippen LogP contribution is -2.61. The molecule has 1 aromatic rings. The Morgan fingerprint density at radius 2 is 1.69 bits per heavy atom. The number of hydrogen-bond acceptors (Lipinski definition) is 4. The van der Waals surface area contributed by atoms with Gasteiger partial charge in [0.15, 0.2) is 8.32 Å². The number of rotatable bonds is 5. The number of nitrogens with zero attached hydrogens (tertiary/aromatic N) is 2. The Hall–Kier alpha value is -1.86. The maximum Gasteiger partial charge on any atom is 0.410 e. The van der Waals surface area contributed by atoms with Gasteiger partial charge in [0.25, 0.3) is 0 Å². The van der Waals surface area contributed by atoms with E-state index in [1.54, 1.807) is 0 Å². The first-order valence-electron chi connectivity index (χ1n) is 11.7. The molecule has 3 rings (SSSR count). The average Bonchev–Trinajstić information content (AvgIpc) is 3.05. The molecule has 2 aliphatic heterocycles. The summed E-state index contributed by atoms with van der Waals surface area (Å²) in [6.07, 6.45) is 0.837. The standard InChI is InChI=1S/C25H40N2O4Si/c1-24(2,3)30-23(29)27-17-19(31-32(7,8)25(4,5)6)14-20(27)21-15-22(28)26(21)16-18-12-10-9-11-13-18/h9-13,19-21H,14-17H2,1-8H3/t19-,20+,21?/m1/s1. The number of carbonyl (C=O) groups excluding carboxylic acids is 2. The molecule has 0 bridgehead atoms. The quantitative estimate of drug-likeness (QED) is 0.448. The molecule has 2 saturated heterocycles. The summed E-state index contributed by atoms with van der Waals surface area (Å²) in [5.41, 5.74) is 0.528. The Morgan fingerprint density at radius 3 is 2.22 bits per heavy atom. The van der Waals surface area contributed by atoms with Gasteiger partial charge in [-0.3, -0.25) is 4.79 Å². The second-order valence-corrected chi connectivity index (χ2v) is 16.5. The van der Waals surface area contributed by atoms with Gasteiger partial charge in [-0.05, 0) is 50.9 Å². The number of carbonyl (C=O) groups is 2. The predicted octanol–water partition coefficient (Wildman–Crippen LogP) is 5.19. The SMILES string of the molecule is CC(C)(C)OC(=O)N1C[C@H](O[Si](C)(C)C(C)(C)C)C[C@H]1C1CC(=O)N1Cc1ccccc1. The summed E-state index contributed by atoms with van der Waals surface area (Å²) in [5.74, 6) is 0.136. The number of hydrogen-bond donors (Lipinski definition) is 0. The van der Waals surface area contributed by atoms with E-state index in [9.17, 15) is 9.59 Å². The van der Waals surface area contributed by atoms with Gasteiger partial charge >= 0.3 is 6.09 Å². The molecular formula is C25H40N2O4Si. The van der Waals surface area contributed by atoms with Crippen molar-refractivity contribution >= 4 is 20.3 Å². The maximum absolute atomic E-state index is 13.1. The van der Waals surface area contributed by atoms with Gasteiger partial charge in [0.05, 0.1) is 18.2 Å². The molecule has 0 aliphatic carbocycles. The topological polar surface area (TPSA) is 59.1 Å². The zero-order valence-electron chi connectivity index (χ0n) is 21.0. The first-order valence-corrected chi connectivity index (χ1v) is 14.6. The molecular weight excluding hydrogens is 420 g/mol. The lowest BCUT2D eigenvalue weighted by molar-refractivity contribution is -0.150. The molecule has 0 aromatic heterocycles. The third-order valence-electron chi connectivity index (χ3n) is 6.94. The van der Waals surface area contributed by atoms with Crippen LogP contribution in [-0.4, -0.2) is 60.5 Å². The van der Waals surface area contributed by atoms with Crippen molar-refractivity contribution in [3.05, 3.63) is 35.9 Å². The minimum atomic E-state index is -1.99. The fraction of sp³-hybridized carbons (Fsp3) is 0.680. The lowest BCUT2D eigenvalue weighted by atomic mass is 9.91. The molecule has 3 atom stereocenters. The zero-order valence-corrected chi connectivity index (χ0v) is 22.0. The van der Waals surface area contributed by atoms with E-state index in [2.05, 4.69) is 33.9 Å². The molecule has 32 heavy (non-hydrogen) atoms. The summed E-state index contributed by atoms with van der Waals surface area (Å²) in [6, 6.07) is 9.91. The van der Waals surface area contributed by atoms with E-state index in [-0.39, 0.29) is 35.2 Å². The van der Waals surface area contributed by atoms with Gasteiger partial charge in [0.1, 0.15) is 5.60 Å².